The minimum atomic E-state index is -0.584. The number of hydrogen-bond donors (Lipinski definition) is 1. The van der Waals surface area contributed by atoms with Crippen LogP contribution in [0.2, 0.25) is 0 Å². The van der Waals surface area contributed by atoms with Gasteiger partial charge in [-0.1, -0.05) is 0 Å². The van der Waals surface area contributed by atoms with Gasteiger partial charge in [0, 0.05) is 20.4 Å². The van der Waals surface area contributed by atoms with Gasteiger partial charge < -0.3 is 15.2 Å². The number of nitrogens with two attached hydrogens (primary N) is 1. The molecule has 0 fully saturated rings. The maximum Gasteiger partial charge on any atom is 0.220 e. The van der Waals surface area contributed by atoms with Crippen molar-refractivity contribution in [2.24, 2.45) is 0 Å². The number of anilines is 1. The van der Waals surface area contributed by atoms with Crippen LogP contribution in [0.5, 0.6) is 0 Å². The van der Waals surface area contributed by atoms with Gasteiger partial charge >= 0.3 is 0 Å². The summed E-state index contributed by atoms with van der Waals surface area (Å²) in [6.07, 6.45) is 3.35. The molecule has 2 aromatic heterocycles. The SMILES string of the molecule is COCc1ncc(-c2ccnc(N)n2)n1C(C)(C)OC. The maximum absolute atomic E-state index is 5.65. The zero-order valence-corrected chi connectivity index (χ0v) is 12.1. The molecule has 7 nitrogen and oxygen atoms in total. The summed E-state index contributed by atoms with van der Waals surface area (Å²) in [5, 5.41) is 0. The number of imidazole rings is 1. The molecule has 0 aliphatic heterocycles. The fraction of sp³-hybridized carbons (Fsp3) is 0.462. The van der Waals surface area contributed by atoms with Crippen LogP contribution in [0.4, 0.5) is 5.95 Å². The highest BCUT2D eigenvalue weighted by Gasteiger charge is 2.26. The molecule has 0 amide bonds. The van der Waals surface area contributed by atoms with Crippen LogP contribution in [0.1, 0.15) is 19.7 Å². The summed E-state index contributed by atoms with van der Waals surface area (Å²) >= 11 is 0. The maximum atomic E-state index is 5.65. The summed E-state index contributed by atoms with van der Waals surface area (Å²) in [6, 6.07) is 1.78. The highest BCUT2D eigenvalue weighted by atomic mass is 16.5. The van der Waals surface area contributed by atoms with Gasteiger partial charge in [0.25, 0.3) is 0 Å². The van der Waals surface area contributed by atoms with Crippen LogP contribution >= 0.6 is 0 Å². The minimum absolute atomic E-state index is 0.221. The molecular formula is C13H19N5O2. The average molecular weight is 277 g/mol. The summed E-state index contributed by atoms with van der Waals surface area (Å²) in [5.41, 5.74) is 6.56. The van der Waals surface area contributed by atoms with Crippen molar-refractivity contribution >= 4 is 5.95 Å². The molecule has 0 unspecified atom stereocenters. The predicted molar refractivity (Wildman–Crippen MR) is 74.7 cm³/mol. The molecule has 0 saturated heterocycles. The predicted octanol–water partition coefficient (Wildman–Crippen LogP) is 1.41. The zero-order chi connectivity index (χ0) is 14.8. The van der Waals surface area contributed by atoms with E-state index in [1.165, 1.54) is 0 Å². The van der Waals surface area contributed by atoms with Crippen LogP contribution in [-0.4, -0.2) is 33.7 Å². The number of aromatic nitrogens is 4. The normalized spacial score (nSPS) is 11.8. The quantitative estimate of drug-likeness (QED) is 0.889. The van der Waals surface area contributed by atoms with Crippen molar-refractivity contribution in [3.05, 3.63) is 24.3 Å². The molecule has 2 aromatic rings. The van der Waals surface area contributed by atoms with Gasteiger partial charge in [-0.25, -0.2) is 15.0 Å². The summed E-state index contributed by atoms with van der Waals surface area (Å²) in [7, 11) is 3.27. The Bertz CT molecular complexity index is 594. The number of nitrogens with zero attached hydrogens (tertiary/aromatic N) is 4. The van der Waals surface area contributed by atoms with E-state index in [2.05, 4.69) is 15.0 Å². The van der Waals surface area contributed by atoms with Crippen LogP contribution in [-0.2, 0) is 21.8 Å². The Balaban J connectivity index is 2.59. The summed E-state index contributed by atoms with van der Waals surface area (Å²) in [6.45, 7) is 4.27. The lowest BCUT2D eigenvalue weighted by atomic mass is 10.2. The van der Waals surface area contributed by atoms with Gasteiger partial charge in [0.1, 0.15) is 18.2 Å². The molecule has 0 saturated carbocycles. The molecule has 20 heavy (non-hydrogen) atoms. The third-order valence-electron chi connectivity index (χ3n) is 3.08. The lowest BCUT2D eigenvalue weighted by Crippen LogP contribution is -2.31. The molecule has 7 heteroatoms. The highest BCUT2D eigenvalue weighted by Crippen LogP contribution is 2.28. The Morgan fingerprint density at radius 1 is 1.30 bits per heavy atom. The second kappa shape index (κ2) is 5.56. The van der Waals surface area contributed by atoms with Crippen molar-refractivity contribution in [2.75, 3.05) is 20.0 Å². The molecule has 108 valence electrons. The van der Waals surface area contributed by atoms with Crippen molar-refractivity contribution in [1.29, 1.82) is 0 Å². The number of ether oxygens (including phenoxy) is 2. The van der Waals surface area contributed by atoms with E-state index in [0.29, 0.717) is 12.3 Å². The standard InChI is InChI=1S/C13H19N5O2/c1-13(2,20-4)18-10(7-16-11(18)8-19-3)9-5-6-15-12(14)17-9/h5-7H,8H2,1-4H3,(H2,14,15,17). The molecular weight excluding hydrogens is 258 g/mol. The monoisotopic (exact) mass is 277 g/mol. The van der Waals surface area contributed by atoms with E-state index in [-0.39, 0.29) is 5.95 Å². The molecule has 0 aliphatic carbocycles. The second-order valence-electron chi connectivity index (χ2n) is 4.78. The van der Waals surface area contributed by atoms with E-state index in [0.717, 1.165) is 11.5 Å². The van der Waals surface area contributed by atoms with Crippen molar-refractivity contribution in [2.45, 2.75) is 26.2 Å². The van der Waals surface area contributed by atoms with Gasteiger partial charge in [-0.2, -0.15) is 0 Å². The molecule has 2 heterocycles. The van der Waals surface area contributed by atoms with Crippen LogP contribution in [0.25, 0.3) is 11.4 Å². The lowest BCUT2D eigenvalue weighted by Gasteiger charge is -2.28. The van der Waals surface area contributed by atoms with E-state index >= 15 is 0 Å². The Morgan fingerprint density at radius 3 is 2.65 bits per heavy atom. The van der Waals surface area contributed by atoms with Crippen LogP contribution in [0.15, 0.2) is 18.5 Å². The van der Waals surface area contributed by atoms with Crippen molar-refractivity contribution < 1.29 is 9.47 Å². The largest absolute Gasteiger partial charge is 0.377 e. The van der Waals surface area contributed by atoms with E-state index in [1.807, 2.05) is 18.4 Å². The van der Waals surface area contributed by atoms with Crippen molar-refractivity contribution in [3.63, 3.8) is 0 Å². The van der Waals surface area contributed by atoms with Crippen LogP contribution in [0.3, 0.4) is 0 Å². The average Bonchev–Trinajstić information content (AvgIpc) is 2.84. The molecule has 0 aliphatic rings. The van der Waals surface area contributed by atoms with Gasteiger partial charge in [0.15, 0.2) is 0 Å². The fourth-order valence-corrected chi connectivity index (χ4v) is 2.01. The number of hydrogen-bond acceptors (Lipinski definition) is 6. The number of rotatable bonds is 5. The topological polar surface area (TPSA) is 88.1 Å². The van der Waals surface area contributed by atoms with Gasteiger partial charge in [0.2, 0.25) is 5.95 Å². The molecule has 2 rings (SSSR count). The molecule has 0 bridgehead atoms. The fourth-order valence-electron chi connectivity index (χ4n) is 2.01. The molecule has 0 aromatic carbocycles. The molecule has 0 radical (unpaired) electrons. The smallest absolute Gasteiger partial charge is 0.220 e. The molecule has 0 spiro atoms. The summed E-state index contributed by atoms with van der Waals surface area (Å²) < 4.78 is 12.7. The first-order chi connectivity index (χ1) is 9.49. The zero-order valence-electron chi connectivity index (χ0n) is 12.1. The van der Waals surface area contributed by atoms with Crippen LogP contribution in [0, 0.1) is 0 Å². The number of methoxy groups -OCH3 is 2. The van der Waals surface area contributed by atoms with E-state index in [1.54, 1.807) is 32.7 Å². The Kier molecular flexibility index (Phi) is 4.01. The third kappa shape index (κ3) is 2.63. The van der Waals surface area contributed by atoms with Crippen molar-refractivity contribution in [3.8, 4) is 11.4 Å². The van der Waals surface area contributed by atoms with Gasteiger partial charge in [-0.15, -0.1) is 0 Å². The Morgan fingerprint density at radius 2 is 2.05 bits per heavy atom. The second-order valence-corrected chi connectivity index (χ2v) is 4.78. The van der Waals surface area contributed by atoms with Gasteiger partial charge in [-0.05, 0) is 19.9 Å². The Labute approximate surface area is 117 Å². The van der Waals surface area contributed by atoms with Crippen molar-refractivity contribution in [1.82, 2.24) is 19.5 Å². The Hall–Kier alpha value is -1.99. The highest BCUT2D eigenvalue weighted by molar-refractivity contribution is 5.55. The lowest BCUT2D eigenvalue weighted by molar-refractivity contribution is -0.0485. The minimum Gasteiger partial charge on any atom is -0.377 e. The molecule has 0 atom stereocenters. The van der Waals surface area contributed by atoms with E-state index < -0.39 is 5.72 Å². The van der Waals surface area contributed by atoms with Gasteiger partial charge in [-0.3, -0.25) is 4.57 Å². The van der Waals surface area contributed by atoms with Gasteiger partial charge in [0.05, 0.1) is 17.6 Å². The van der Waals surface area contributed by atoms with E-state index in [4.69, 9.17) is 15.2 Å². The third-order valence-corrected chi connectivity index (χ3v) is 3.08. The first kappa shape index (κ1) is 14.4. The molecule has 2 N–H and O–H groups in total. The van der Waals surface area contributed by atoms with Crippen LogP contribution < -0.4 is 5.73 Å². The van der Waals surface area contributed by atoms with E-state index in [9.17, 15) is 0 Å². The summed E-state index contributed by atoms with van der Waals surface area (Å²) in [4.78, 5) is 12.5. The first-order valence-corrected chi connectivity index (χ1v) is 6.19. The summed E-state index contributed by atoms with van der Waals surface area (Å²) in [5.74, 6) is 0.977. The first-order valence-electron chi connectivity index (χ1n) is 6.19. The number of nitrogen functional groups attached to an aromatic ring is 1.